The fourth-order valence-electron chi connectivity index (χ4n) is 5.75. The van der Waals surface area contributed by atoms with Gasteiger partial charge in [-0.25, -0.2) is 14.3 Å². The molecule has 1 unspecified atom stereocenters. The van der Waals surface area contributed by atoms with E-state index in [1.807, 2.05) is 45.5 Å². The van der Waals surface area contributed by atoms with Gasteiger partial charge < -0.3 is 25.2 Å². The van der Waals surface area contributed by atoms with Crippen molar-refractivity contribution in [1.29, 1.82) is 0 Å². The fraction of sp³-hybridized carbons (Fsp3) is 0.500. The lowest BCUT2D eigenvalue weighted by Gasteiger charge is -2.36. The van der Waals surface area contributed by atoms with E-state index in [9.17, 15) is 18.4 Å². The zero-order chi connectivity index (χ0) is 32.8. The first kappa shape index (κ1) is 33.0. The Morgan fingerprint density at radius 3 is 2.34 bits per heavy atom. The Bertz CT molecular complexity index is 1570. The van der Waals surface area contributed by atoms with Gasteiger partial charge in [0.1, 0.15) is 23.6 Å². The van der Waals surface area contributed by atoms with E-state index in [1.54, 1.807) is 23.7 Å². The lowest BCUT2D eigenvalue weighted by molar-refractivity contribution is -0.119. The molecule has 0 spiro atoms. The molecule has 13 nitrogen and oxygen atoms in total. The van der Waals surface area contributed by atoms with Crippen molar-refractivity contribution >= 4 is 57.2 Å². The molecule has 47 heavy (non-hydrogen) atoms. The molecular formula is C30H37F2N11O2S2. The smallest absolute Gasteiger partial charge is 0.232 e. The number of hydrogen-bond donors (Lipinski definition) is 3. The summed E-state index contributed by atoms with van der Waals surface area (Å²) in [4.78, 5) is 35.0. The molecule has 1 aliphatic carbocycles. The van der Waals surface area contributed by atoms with Crippen molar-refractivity contribution in [3.05, 3.63) is 53.1 Å². The van der Waals surface area contributed by atoms with Crippen molar-refractivity contribution in [3.8, 4) is 0 Å². The molecule has 3 aromatic heterocycles. The number of rotatable bonds is 9. The van der Waals surface area contributed by atoms with Gasteiger partial charge in [0.25, 0.3) is 0 Å². The van der Waals surface area contributed by atoms with Gasteiger partial charge >= 0.3 is 0 Å². The van der Waals surface area contributed by atoms with E-state index in [0.29, 0.717) is 49.4 Å². The summed E-state index contributed by atoms with van der Waals surface area (Å²) in [5.41, 5.74) is 6.27. The quantitative estimate of drug-likeness (QED) is 0.225. The van der Waals surface area contributed by atoms with Gasteiger partial charge in [0.15, 0.2) is 0 Å². The first-order valence-corrected chi connectivity index (χ1v) is 17.2. The van der Waals surface area contributed by atoms with Crippen LogP contribution < -0.4 is 26.0 Å². The van der Waals surface area contributed by atoms with Crippen molar-refractivity contribution < 1.29 is 18.4 Å². The second-order valence-electron chi connectivity index (χ2n) is 11.8. The van der Waals surface area contributed by atoms with Gasteiger partial charge in [0, 0.05) is 66.8 Å². The number of anilines is 3. The highest BCUT2D eigenvalue weighted by molar-refractivity contribution is 8.12. The number of aldehydes is 1. The molecule has 4 aliphatic rings. The van der Waals surface area contributed by atoms with Crippen molar-refractivity contribution in [3.63, 3.8) is 0 Å². The maximum absolute atomic E-state index is 13.1. The van der Waals surface area contributed by atoms with Crippen LogP contribution in [0.2, 0.25) is 0 Å². The standard InChI is InChI=1S/C20H26FN9OS2.C10H11FN2O/c1-22-19-26-25-18(32-19)12-3-2-4-16(7-12)30-28-27-20(33-30)24-17(31)9-14-8-15(5-6-23-14)29-10-13(21)11-29;11-8-6-13(7-8)10-1-3-12-9(5-10)2-4-14/h5-6,8,12-13,16,28H,2-4,7,9-11H2,1H3,(H,22,26)(H,24,27,31);1,3-5,8H,2,6-7H2/t12?,16-;/m0./s1. The van der Waals surface area contributed by atoms with E-state index >= 15 is 0 Å². The number of pyridine rings is 2. The van der Waals surface area contributed by atoms with Crippen LogP contribution in [-0.4, -0.2) is 93.6 Å². The third kappa shape index (κ3) is 8.50. The van der Waals surface area contributed by atoms with Gasteiger partial charge in [-0.05, 0) is 43.5 Å². The number of hydrazine groups is 1. The van der Waals surface area contributed by atoms with E-state index in [2.05, 4.69) is 41.4 Å². The molecule has 3 aliphatic heterocycles. The fourth-order valence-corrected chi connectivity index (χ4v) is 7.45. The summed E-state index contributed by atoms with van der Waals surface area (Å²) in [6, 6.07) is 7.63. The van der Waals surface area contributed by atoms with Crippen LogP contribution in [0.15, 0.2) is 41.8 Å². The summed E-state index contributed by atoms with van der Waals surface area (Å²) in [6.07, 6.45) is 7.32. The molecule has 6 heterocycles. The molecule has 2 saturated heterocycles. The Balaban J connectivity index is 0.000000230. The molecular weight excluding hydrogens is 649 g/mol. The molecule has 2 atom stereocenters. The van der Waals surface area contributed by atoms with E-state index < -0.39 is 12.3 Å². The molecule has 3 N–H and O–H groups in total. The molecule has 3 aromatic rings. The number of halogens is 2. The third-order valence-corrected chi connectivity index (χ3v) is 10.3. The van der Waals surface area contributed by atoms with Gasteiger partial charge in [-0.15, -0.1) is 19.7 Å². The van der Waals surface area contributed by atoms with Crippen molar-refractivity contribution in [2.24, 2.45) is 5.10 Å². The molecule has 250 valence electrons. The summed E-state index contributed by atoms with van der Waals surface area (Å²) < 4.78 is 27.7. The minimum atomic E-state index is -0.777. The van der Waals surface area contributed by atoms with Crippen LogP contribution in [0.4, 0.5) is 25.3 Å². The van der Waals surface area contributed by atoms with Crippen molar-refractivity contribution in [1.82, 2.24) is 35.4 Å². The van der Waals surface area contributed by atoms with Gasteiger partial charge in [-0.3, -0.25) is 14.8 Å². The molecule has 0 aromatic carbocycles. The second-order valence-corrected chi connectivity index (χ2v) is 13.7. The van der Waals surface area contributed by atoms with Crippen molar-refractivity contribution in [2.45, 2.75) is 62.8 Å². The lowest BCUT2D eigenvalue weighted by Crippen LogP contribution is -2.48. The van der Waals surface area contributed by atoms with Gasteiger partial charge in [0.05, 0.1) is 38.3 Å². The maximum Gasteiger partial charge on any atom is 0.232 e. The number of amidine groups is 1. The number of carbonyl (C=O) groups is 2. The Hall–Kier alpha value is -3.96. The largest absolute Gasteiger partial charge is 0.365 e. The first-order valence-electron chi connectivity index (χ1n) is 15.6. The summed E-state index contributed by atoms with van der Waals surface area (Å²) in [6.45, 7) is 1.68. The van der Waals surface area contributed by atoms with E-state index in [1.165, 1.54) is 11.9 Å². The summed E-state index contributed by atoms with van der Waals surface area (Å²) in [5.74, 6) is 0.193. The van der Waals surface area contributed by atoms with E-state index in [0.717, 1.165) is 59.2 Å². The number of alkyl halides is 2. The predicted molar refractivity (Wildman–Crippen MR) is 179 cm³/mol. The average molecular weight is 686 g/mol. The van der Waals surface area contributed by atoms with Crippen LogP contribution >= 0.6 is 23.3 Å². The van der Waals surface area contributed by atoms with Crippen LogP contribution in [0.3, 0.4) is 0 Å². The number of hydrogen-bond acceptors (Lipinski definition) is 14. The highest BCUT2D eigenvalue weighted by Crippen LogP contribution is 2.39. The van der Waals surface area contributed by atoms with Crippen LogP contribution in [0.1, 0.15) is 48.0 Å². The average Bonchev–Trinajstić information content (AvgIpc) is 3.73. The van der Waals surface area contributed by atoms with Crippen molar-refractivity contribution in [2.75, 3.05) is 48.3 Å². The maximum atomic E-state index is 13.1. The number of hydrazone groups is 1. The predicted octanol–water partition coefficient (Wildman–Crippen LogP) is 3.24. The minimum Gasteiger partial charge on any atom is -0.365 e. The summed E-state index contributed by atoms with van der Waals surface area (Å²) >= 11 is 3.02. The third-order valence-electron chi connectivity index (χ3n) is 8.30. The van der Waals surface area contributed by atoms with Gasteiger partial charge in [-0.1, -0.05) is 17.8 Å². The molecule has 1 amide bonds. The topological polar surface area (TPSA) is 144 Å². The van der Waals surface area contributed by atoms with Gasteiger partial charge in [-0.2, -0.15) is 0 Å². The summed E-state index contributed by atoms with van der Waals surface area (Å²) in [7, 11) is 1.85. The molecule has 1 saturated carbocycles. The number of aromatic nitrogens is 4. The Labute approximate surface area is 279 Å². The molecule has 7 rings (SSSR count). The molecule has 3 fully saturated rings. The SMILES string of the molecule is CNc1nnc(C2CCC[C@H](N3NN=C(NC(=O)Cc4cc(N5CC(F)C5)ccn4)S3)C2)s1.O=CCc1cc(N2CC(F)C2)ccn1. The second kappa shape index (κ2) is 15.3. The zero-order valence-electron chi connectivity index (χ0n) is 25.9. The Kier molecular flexibility index (Phi) is 10.7. The summed E-state index contributed by atoms with van der Waals surface area (Å²) in [5, 5.41) is 21.1. The first-order chi connectivity index (χ1) is 22.9. The molecule has 17 heteroatoms. The van der Waals surface area contributed by atoms with Crippen LogP contribution in [0.25, 0.3) is 0 Å². The number of nitrogens with zero attached hydrogens (tertiary/aromatic N) is 8. The van der Waals surface area contributed by atoms with Crippen LogP contribution in [0, 0.1) is 0 Å². The zero-order valence-corrected chi connectivity index (χ0v) is 27.5. The highest BCUT2D eigenvalue weighted by atomic mass is 32.2. The monoisotopic (exact) mass is 685 g/mol. The highest BCUT2D eigenvalue weighted by Gasteiger charge is 2.33. The number of nitrogens with one attached hydrogen (secondary N) is 3. The van der Waals surface area contributed by atoms with E-state index in [4.69, 9.17) is 0 Å². The van der Waals surface area contributed by atoms with Crippen LogP contribution in [0.5, 0.6) is 0 Å². The molecule has 0 radical (unpaired) electrons. The van der Waals surface area contributed by atoms with Gasteiger partial charge in [0.2, 0.25) is 16.2 Å². The Morgan fingerprint density at radius 1 is 1.02 bits per heavy atom. The van der Waals surface area contributed by atoms with Crippen LogP contribution in [-0.2, 0) is 22.4 Å². The number of amides is 1. The lowest BCUT2D eigenvalue weighted by atomic mass is 9.86. The van der Waals surface area contributed by atoms with E-state index in [-0.39, 0.29) is 18.4 Å². The number of carbonyl (C=O) groups excluding carboxylic acids is 2. The molecule has 0 bridgehead atoms. The Morgan fingerprint density at radius 2 is 1.70 bits per heavy atom. The normalized spacial score (nSPS) is 21.5. The minimum absolute atomic E-state index is 0.136.